The molecule has 1 saturated carbocycles. The van der Waals surface area contributed by atoms with Crippen molar-refractivity contribution < 1.29 is 9.59 Å². The number of fused-ring (bicyclic) bond motifs is 3. The van der Waals surface area contributed by atoms with E-state index in [2.05, 4.69) is 17.2 Å². The highest BCUT2D eigenvalue weighted by Gasteiger charge is 2.49. The minimum atomic E-state index is -1.01. The van der Waals surface area contributed by atoms with E-state index in [1.807, 2.05) is 66.1 Å². The van der Waals surface area contributed by atoms with Crippen LogP contribution >= 0.6 is 0 Å². The molecule has 1 fully saturated rings. The Morgan fingerprint density at radius 3 is 2.59 bits per heavy atom. The molecule has 2 heterocycles. The molecule has 6 heteroatoms. The molecule has 32 heavy (non-hydrogen) atoms. The van der Waals surface area contributed by atoms with Crippen LogP contribution in [-0.2, 0) is 17.9 Å². The maximum absolute atomic E-state index is 13.8. The van der Waals surface area contributed by atoms with E-state index in [9.17, 15) is 9.59 Å². The number of rotatable bonds is 4. The first kappa shape index (κ1) is 20.7. The number of imidazole rings is 1. The quantitative estimate of drug-likeness (QED) is 0.676. The molecule has 3 aromatic rings. The zero-order valence-corrected chi connectivity index (χ0v) is 18.8. The molecule has 1 aromatic heterocycles. The van der Waals surface area contributed by atoms with Crippen molar-refractivity contribution in [2.75, 3.05) is 0 Å². The number of benzene rings is 2. The first-order valence-corrected chi connectivity index (χ1v) is 11.6. The Kier molecular flexibility index (Phi) is 5.24. The Balaban J connectivity index is 1.55. The number of para-hydroxylation sites is 2. The van der Waals surface area contributed by atoms with Crippen LogP contribution in [0.3, 0.4) is 0 Å². The van der Waals surface area contributed by atoms with Crippen molar-refractivity contribution in [3.8, 4) is 0 Å². The maximum atomic E-state index is 13.8. The predicted octanol–water partition coefficient (Wildman–Crippen LogP) is 4.15. The molecule has 1 aliphatic heterocycles. The van der Waals surface area contributed by atoms with Gasteiger partial charge in [0.1, 0.15) is 5.54 Å². The number of nitrogens with zero attached hydrogens (tertiary/aromatic N) is 3. The molecule has 0 unspecified atom stereocenters. The summed E-state index contributed by atoms with van der Waals surface area (Å²) in [6.07, 6.45) is 4.47. The fourth-order valence-corrected chi connectivity index (χ4v) is 5.20. The molecule has 1 N–H and O–H groups in total. The molecule has 2 aromatic carbocycles. The van der Waals surface area contributed by atoms with Crippen LogP contribution in [0.2, 0.25) is 0 Å². The molecule has 3 atom stereocenters. The third-order valence-corrected chi connectivity index (χ3v) is 7.25. The lowest BCUT2D eigenvalue weighted by atomic mass is 9.85. The fraction of sp³-hybridized carbons (Fsp3) is 0.423. The Hall–Kier alpha value is -3.15. The van der Waals surface area contributed by atoms with Crippen molar-refractivity contribution in [3.63, 3.8) is 0 Å². The second-order valence-electron chi connectivity index (χ2n) is 9.50. The minimum absolute atomic E-state index is 0.0797. The Bertz CT molecular complexity index is 1160. The number of amides is 2. The van der Waals surface area contributed by atoms with E-state index in [0.717, 1.165) is 35.9 Å². The Labute approximate surface area is 188 Å². The minimum Gasteiger partial charge on any atom is -0.351 e. The van der Waals surface area contributed by atoms with E-state index in [0.29, 0.717) is 24.8 Å². The normalized spacial score (nSPS) is 25.6. The average molecular weight is 431 g/mol. The zero-order valence-electron chi connectivity index (χ0n) is 18.8. The smallest absolute Gasteiger partial charge is 0.291 e. The van der Waals surface area contributed by atoms with E-state index >= 15 is 0 Å². The molecule has 0 saturated heterocycles. The largest absolute Gasteiger partial charge is 0.351 e. The van der Waals surface area contributed by atoms with Crippen LogP contribution in [0.15, 0.2) is 54.6 Å². The molecular weight excluding hydrogens is 400 g/mol. The number of aromatic nitrogens is 2. The number of nitrogens with one attached hydrogen (secondary N) is 1. The summed E-state index contributed by atoms with van der Waals surface area (Å²) in [7, 11) is 0. The number of hydrogen-bond donors (Lipinski definition) is 1. The first-order chi connectivity index (χ1) is 15.5. The fourth-order valence-electron chi connectivity index (χ4n) is 5.20. The van der Waals surface area contributed by atoms with Gasteiger partial charge in [-0.15, -0.1) is 0 Å². The summed E-state index contributed by atoms with van der Waals surface area (Å²) in [5, 5.41) is 3.32. The van der Waals surface area contributed by atoms with Gasteiger partial charge in [-0.05, 0) is 43.4 Å². The lowest BCUT2D eigenvalue weighted by molar-refractivity contribution is -0.134. The van der Waals surface area contributed by atoms with Gasteiger partial charge in [-0.25, -0.2) is 4.98 Å². The molecule has 2 amide bonds. The van der Waals surface area contributed by atoms with E-state index < -0.39 is 5.54 Å². The second-order valence-corrected chi connectivity index (χ2v) is 9.50. The number of carbonyl (C=O) groups is 2. The second kappa shape index (κ2) is 8.08. The standard InChI is InChI=1S/C26H30N4O2/c1-18-10-6-7-13-20(18)28-25(32)26(2)17-29-22-15-9-8-14-21(22)27-23(29)24(31)30(26)16-19-11-4-3-5-12-19/h3-5,8-9,11-12,14-15,18,20H,6-7,10,13,16-17H2,1-2H3,(H,28,32)/t18-,20-,26+/m1/s1. The molecule has 5 rings (SSSR count). The first-order valence-electron chi connectivity index (χ1n) is 11.6. The van der Waals surface area contributed by atoms with Crippen LogP contribution in [0, 0.1) is 5.92 Å². The van der Waals surface area contributed by atoms with Crippen LogP contribution < -0.4 is 5.32 Å². The van der Waals surface area contributed by atoms with Gasteiger partial charge in [-0.1, -0.05) is 62.2 Å². The van der Waals surface area contributed by atoms with Gasteiger partial charge >= 0.3 is 0 Å². The summed E-state index contributed by atoms with van der Waals surface area (Å²) in [5.74, 6) is 0.566. The van der Waals surface area contributed by atoms with Gasteiger partial charge in [0, 0.05) is 12.6 Å². The highest BCUT2D eigenvalue weighted by molar-refractivity contribution is 6.01. The molecular formula is C26H30N4O2. The topological polar surface area (TPSA) is 67.2 Å². The summed E-state index contributed by atoms with van der Waals surface area (Å²) in [6, 6.07) is 17.8. The van der Waals surface area contributed by atoms with Gasteiger partial charge in [-0.2, -0.15) is 0 Å². The third kappa shape index (κ3) is 3.48. The molecule has 1 aliphatic carbocycles. The Morgan fingerprint density at radius 2 is 1.81 bits per heavy atom. The van der Waals surface area contributed by atoms with E-state index in [1.54, 1.807) is 4.90 Å². The summed E-state index contributed by atoms with van der Waals surface area (Å²) in [4.78, 5) is 33.9. The van der Waals surface area contributed by atoms with Crippen LogP contribution in [0.5, 0.6) is 0 Å². The third-order valence-electron chi connectivity index (χ3n) is 7.25. The number of hydrogen-bond acceptors (Lipinski definition) is 3. The van der Waals surface area contributed by atoms with Crippen LogP contribution in [0.25, 0.3) is 11.0 Å². The molecule has 0 spiro atoms. The van der Waals surface area contributed by atoms with Gasteiger partial charge in [0.15, 0.2) is 5.82 Å². The lowest BCUT2D eigenvalue weighted by Crippen LogP contribution is -2.65. The molecule has 2 aliphatic rings. The summed E-state index contributed by atoms with van der Waals surface area (Å²) in [5.41, 5.74) is 1.65. The van der Waals surface area contributed by atoms with Gasteiger partial charge in [0.25, 0.3) is 5.91 Å². The SMILES string of the molecule is C[C@@H]1CCCC[C@H]1NC(=O)[C@]1(C)Cn2c(nc3ccccc32)C(=O)N1Cc1ccccc1. The van der Waals surface area contributed by atoms with E-state index in [-0.39, 0.29) is 17.9 Å². The van der Waals surface area contributed by atoms with Crippen molar-refractivity contribution in [2.24, 2.45) is 5.92 Å². The van der Waals surface area contributed by atoms with Crippen molar-refractivity contribution in [2.45, 2.75) is 64.2 Å². The zero-order chi connectivity index (χ0) is 22.3. The van der Waals surface area contributed by atoms with Crippen LogP contribution in [0.1, 0.15) is 55.7 Å². The summed E-state index contributed by atoms with van der Waals surface area (Å²) >= 11 is 0. The Morgan fingerprint density at radius 1 is 1.09 bits per heavy atom. The molecule has 0 radical (unpaired) electrons. The monoisotopic (exact) mass is 430 g/mol. The molecule has 166 valence electrons. The van der Waals surface area contributed by atoms with Crippen molar-refractivity contribution >= 4 is 22.8 Å². The number of carbonyl (C=O) groups excluding carboxylic acids is 2. The van der Waals surface area contributed by atoms with E-state index in [4.69, 9.17) is 0 Å². The lowest BCUT2D eigenvalue weighted by Gasteiger charge is -2.44. The molecule has 6 nitrogen and oxygen atoms in total. The average Bonchev–Trinajstić information content (AvgIpc) is 3.17. The summed E-state index contributed by atoms with van der Waals surface area (Å²) in [6.45, 7) is 4.86. The van der Waals surface area contributed by atoms with Crippen LogP contribution in [0.4, 0.5) is 0 Å². The predicted molar refractivity (Wildman–Crippen MR) is 124 cm³/mol. The van der Waals surface area contributed by atoms with Crippen molar-refractivity contribution in [1.82, 2.24) is 19.8 Å². The van der Waals surface area contributed by atoms with Gasteiger partial charge < -0.3 is 14.8 Å². The van der Waals surface area contributed by atoms with E-state index in [1.165, 1.54) is 6.42 Å². The van der Waals surface area contributed by atoms with Gasteiger partial charge in [0.2, 0.25) is 5.91 Å². The van der Waals surface area contributed by atoms with Gasteiger partial charge in [0.05, 0.1) is 17.6 Å². The summed E-state index contributed by atoms with van der Waals surface area (Å²) < 4.78 is 1.92. The highest BCUT2D eigenvalue weighted by Crippen LogP contribution is 2.33. The van der Waals surface area contributed by atoms with Crippen molar-refractivity contribution in [1.29, 1.82) is 0 Å². The van der Waals surface area contributed by atoms with Gasteiger partial charge in [-0.3, -0.25) is 9.59 Å². The molecule has 0 bridgehead atoms. The van der Waals surface area contributed by atoms with Crippen LogP contribution in [-0.4, -0.2) is 37.8 Å². The highest BCUT2D eigenvalue weighted by atomic mass is 16.2. The van der Waals surface area contributed by atoms with Crippen molar-refractivity contribution in [3.05, 3.63) is 66.0 Å². The maximum Gasteiger partial charge on any atom is 0.291 e.